The van der Waals surface area contributed by atoms with E-state index >= 15 is 0 Å². The number of aliphatic hydroxyl groups is 1. The fraction of sp³-hybridized carbons (Fsp3) is 0.769. The Morgan fingerprint density at radius 3 is 2.15 bits per heavy atom. The molecule has 1 aromatic rings. The lowest BCUT2D eigenvalue weighted by molar-refractivity contribution is 0.233. The first kappa shape index (κ1) is 16.4. The molecule has 1 rings (SSSR count). The lowest BCUT2D eigenvalue weighted by Gasteiger charge is -2.25. The van der Waals surface area contributed by atoms with Crippen LogP contribution in [0.15, 0.2) is 0 Å². The van der Waals surface area contributed by atoms with Crippen LogP contribution in [0.4, 0.5) is 17.8 Å². The van der Waals surface area contributed by atoms with E-state index in [1.54, 1.807) is 0 Å². The average molecular weight is 282 g/mol. The van der Waals surface area contributed by atoms with Crippen molar-refractivity contribution >= 4 is 17.8 Å². The van der Waals surface area contributed by atoms with Crippen LogP contribution in [0.25, 0.3) is 0 Å². The molecule has 0 bridgehead atoms. The molecule has 1 heterocycles. The quantitative estimate of drug-likeness (QED) is 0.663. The third-order valence-electron chi connectivity index (χ3n) is 2.85. The lowest BCUT2D eigenvalue weighted by atomic mass is 10.1. The predicted octanol–water partition coefficient (Wildman–Crippen LogP) is 1.33. The van der Waals surface area contributed by atoms with E-state index in [0.717, 1.165) is 19.6 Å². The maximum Gasteiger partial charge on any atom is 0.231 e. The van der Waals surface area contributed by atoms with Crippen LogP contribution in [0.5, 0.6) is 0 Å². The average Bonchev–Trinajstić information content (AvgIpc) is 2.40. The molecule has 7 heteroatoms. The Bertz CT molecular complexity index is 419. The maximum absolute atomic E-state index is 9.34. The van der Waals surface area contributed by atoms with Crippen molar-refractivity contribution in [2.75, 3.05) is 41.8 Å². The lowest BCUT2D eigenvalue weighted by Crippen LogP contribution is -2.36. The summed E-state index contributed by atoms with van der Waals surface area (Å²) in [6.07, 6.45) is 0. The minimum atomic E-state index is -0.481. The van der Waals surface area contributed by atoms with Gasteiger partial charge in [-0.05, 0) is 34.6 Å². The molecule has 0 aromatic carbocycles. The summed E-state index contributed by atoms with van der Waals surface area (Å²) in [6.45, 7) is 12.3. The number of aliphatic hydroxyl groups excluding tert-OH is 1. The van der Waals surface area contributed by atoms with Crippen molar-refractivity contribution in [1.29, 1.82) is 0 Å². The molecule has 20 heavy (non-hydrogen) atoms. The van der Waals surface area contributed by atoms with Crippen LogP contribution in [0, 0.1) is 0 Å². The van der Waals surface area contributed by atoms with E-state index in [4.69, 9.17) is 0 Å². The van der Waals surface area contributed by atoms with Crippen LogP contribution < -0.4 is 15.5 Å². The van der Waals surface area contributed by atoms with Crippen LogP contribution >= 0.6 is 0 Å². The summed E-state index contributed by atoms with van der Waals surface area (Å²) in [4.78, 5) is 15.2. The van der Waals surface area contributed by atoms with Gasteiger partial charge >= 0.3 is 0 Å². The second-order valence-corrected chi connectivity index (χ2v) is 5.15. The zero-order valence-corrected chi connectivity index (χ0v) is 13.1. The summed E-state index contributed by atoms with van der Waals surface area (Å²) in [5.74, 6) is 1.65. The van der Waals surface area contributed by atoms with E-state index in [0.29, 0.717) is 17.8 Å². The summed E-state index contributed by atoms with van der Waals surface area (Å²) in [6, 6.07) is 0. The third-order valence-corrected chi connectivity index (χ3v) is 2.85. The van der Waals surface area contributed by atoms with E-state index in [2.05, 4.69) is 44.3 Å². The minimum Gasteiger partial charge on any atom is -0.394 e. The number of hydrogen-bond donors (Lipinski definition) is 3. The van der Waals surface area contributed by atoms with Gasteiger partial charge in [-0.2, -0.15) is 15.0 Å². The molecule has 3 N–H and O–H groups in total. The third kappa shape index (κ3) is 4.48. The number of anilines is 3. The number of nitrogens with one attached hydrogen (secondary N) is 2. The summed E-state index contributed by atoms with van der Waals surface area (Å²) in [5, 5.41) is 15.6. The number of nitrogens with zero attached hydrogens (tertiary/aromatic N) is 4. The first-order valence-electron chi connectivity index (χ1n) is 7.09. The molecule has 0 atom stereocenters. The van der Waals surface area contributed by atoms with Crippen molar-refractivity contribution in [2.24, 2.45) is 0 Å². The van der Waals surface area contributed by atoms with Crippen molar-refractivity contribution in [3.63, 3.8) is 0 Å². The van der Waals surface area contributed by atoms with E-state index in [-0.39, 0.29) is 6.61 Å². The van der Waals surface area contributed by atoms with Crippen molar-refractivity contribution in [3.05, 3.63) is 0 Å². The van der Waals surface area contributed by atoms with E-state index < -0.39 is 5.54 Å². The zero-order chi connectivity index (χ0) is 15.2. The largest absolute Gasteiger partial charge is 0.394 e. The van der Waals surface area contributed by atoms with Crippen molar-refractivity contribution in [2.45, 2.75) is 40.2 Å². The predicted molar refractivity (Wildman–Crippen MR) is 82.3 cm³/mol. The summed E-state index contributed by atoms with van der Waals surface area (Å²) in [7, 11) is 0. The SMILES string of the molecule is CCNc1nc(NC(C)(C)CO)nc(N(CC)CC)n1. The van der Waals surface area contributed by atoms with Crippen LogP contribution in [0.1, 0.15) is 34.6 Å². The fourth-order valence-electron chi connectivity index (χ4n) is 1.65. The summed E-state index contributed by atoms with van der Waals surface area (Å²) >= 11 is 0. The van der Waals surface area contributed by atoms with Crippen molar-refractivity contribution in [3.8, 4) is 0 Å². The molecule has 0 saturated heterocycles. The standard InChI is InChI=1S/C13H26N6O/c1-6-14-10-15-11(18-13(4,5)9-20)17-12(16-10)19(7-2)8-3/h20H,6-9H2,1-5H3,(H2,14,15,16,17,18). The monoisotopic (exact) mass is 282 g/mol. The van der Waals surface area contributed by atoms with Gasteiger partial charge in [-0.1, -0.05) is 0 Å². The van der Waals surface area contributed by atoms with Gasteiger partial charge in [0.25, 0.3) is 0 Å². The molecule has 0 fully saturated rings. The summed E-state index contributed by atoms with van der Waals surface area (Å²) in [5.41, 5.74) is -0.481. The Kier molecular flexibility index (Phi) is 5.94. The molecule has 0 aliphatic carbocycles. The van der Waals surface area contributed by atoms with Gasteiger partial charge in [-0.3, -0.25) is 0 Å². The first-order chi connectivity index (χ1) is 9.45. The van der Waals surface area contributed by atoms with Crippen LogP contribution in [0.2, 0.25) is 0 Å². The highest BCUT2D eigenvalue weighted by Crippen LogP contribution is 2.16. The normalized spacial score (nSPS) is 11.3. The molecule has 0 saturated carbocycles. The fourth-order valence-corrected chi connectivity index (χ4v) is 1.65. The smallest absolute Gasteiger partial charge is 0.231 e. The highest BCUT2D eigenvalue weighted by atomic mass is 16.3. The van der Waals surface area contributed by atoms with E-state index in [9.17, 15) is 5.11 Å². The number of aromatic nitrogens is 3. The second kappa shape index (κ2) is 7.23. The molecule has 0 aliphatic heterocycles. The van der Waals surface area contributed by atoms with E-state index in [1.807, 2.05) is 20.8 Å². The summed E-state index contributed by atoms with van der Waals surface area (Å²) < 4.78 is 0. The molecule has 0 amide bonds. The van der Waals surface area contributed by atoms with Gasteiger partial charge in [0.15, 0.2) is 0 Å². The molecule has 0 radical (unpaired) electrons. The Morgan fingerprint density at radius 1 is 1.05 bits per heavy atom. The van der Waals surface area contributed by atoms with Crippen LogP contribution in [-0.2, 0) is 0 Å². The highest BCUT2D eigenvalue weighted by Gasteiger charge is 2.19. The molecule has 0 aliphatic rings. The van der Waals surface area contributed by atoms with Gasteiger partial charge in [-0.25, -0.2) is 0 Å². The molecular formula is C13H26N6O. The molecular weight excluding hydrogens is 256 g/mol. The second-order valence-electron chi connectivity index (χ2n) is 5.15. The zero-order valence-electron chi connectivity index (χ0n) is 13.1. The Balaban J connectivity index is 3.10. The van der Waals surface area contributed by atoms with Crippen molar-refractivity contribution in [1.82, 2.24) is 15.0 Å². The van der Waals surface area contributed by atoms with Gasteiger partial charge in [-0.15, -0.1) is 0 Å². The molecule has 114 valence electrons. The topological polar surface area (TPSA) is 86.2 Å². The van der Waals surface area contributed by atoms with Gasteiger partial charge in [0.2, 0.25) is 17.8 Å². The Labute approximate surface area is 120 Å². The van der Waals surface area contributed by atoms with Gasteiger partial charge in [0.05, 0.1) is 12.1 Å². The molecule has 0 spiro atoms. The first-order valence-corrected chi connectivity index (χ1v) is 7.09. The molecule has 7 nitrogen and oxygen atoms in total. The molecule has 1 aromatic heterocycles. The van der Waals surface area contributed by atoms with Crippen LogP contribution in [-0.4, -0.2) is 51.8 Å². The number of rotatable bonds is 8. The molecule has 0 unspecified atom stereocenters. The van der Waals surface area contributed by atoms with E-state index in [1.165, 1.54) is 0 Å². The van der Waals surface area contributed by atoms with Gasteiger partial charge in [0.1, 0.15) is 0 Å². The Hall–Kier alpha value is -1.63. The van der Waals surface area contributed by atoms with Crippen LogP contribution in [0.3, 0.4) is 0 Å². The highest BCUT2D eigenvalue weighted by molar-refractivity contribution is 5.44. The number of hydrogen-bond acceptors (Lipinski definition) is 7. The minimum absolute atomic E-state index is 0.00414. The van der Waals surface area contributed by atoms with Crippen molar-refractivity contribution < 1.29 is 5.11 Å². The Morgan fingerprint density at radius 2 is 1.65 bits per heavy atom. The maximum atomic E-state index is 9.34. The van der Waals surface area contributed by atoms with Gasteiger partial charge in [0, 0.05) is 19.6 Å². The van der Waals surface area contributed by atoms with Gasteiger partial charge < -0.3 is 20.6 Å².